The fourth-order valence-electron chi connectivity index (χ4n) is 6.47. The number of halogens is 1. The number of carbonyl (C=O) groups excluding carboxylic acids is 2. The van der Waals surface area contributed by atoms with Gasteiger partial charge in [-0.1, -0.05) is 25.1 Å². The van der Waals surface area contributed by atoms with E-state index in [0.29, 0.717) is 47.8 Å². The Bertz CT molecular complexity index is 1710. The lowest BCUT2D eigenvalue weighted by Gasteiger charge is -2.32. The summed E-state index contributed by atoms with van der Waals surface area (Å²) in [6.45, 7) is 10.2. The van der Waals surface area contributed by atoms with Crippen LogP contribution in [0, 0.1) is 24.6 Å². The fraction of sp³-hybridized carbons (Fsp3) is 0.455. The molecule has 2 aliphatic rings. The molecule has 2 N–H and O–H groups in total. The second-order valence-electron chi connectivity index (χ2n) is 12.7. The first-order chi connectivity index (χ1) is 20.3. The van der Waals surface area contributed by atoms with Crippen LogP contribution in [-0.4, -0.2) is 60.5 Å². The first-order valence-electron chi connectivity index (χ1n) is 14.8. The number of hydrogen-bond acceptors (Lipinski definition) is 5. The van der Waals surface area contributed by atoms with Gasteiger partial charge in [0.1, 0.15) is 5.82 Å². The number of piperidine rings is 1. The molecular formula is C33H41FN4O4S. The number of nitrogens with zero attached hydrogens (tertiary/aromatic N) is 2. The zero-order valence-electron chi connectivity index (χ0n) is 25.5. The fourth-order valence-corrected chi connectivity index (χ4v) is 8.54. The third kappa shape index (κ3) is 5.74. The maximum Gasteiger partial charge on any atom is 0.252 e. The first kappa shape index (κ1) is 30.9. The van der Waals surface area contributed by atoms with Gasteiger partial charge in [-0.3, -0.25) is 9.59 Å². The molecule has 43 heavy (non-hydrogen) atoms. The maximum absolute atomic E-state index is 15.6. The number of fused-ring (bicyclic) bond motifs is 1. The van der Waals surface area contributed by atoms with Crippen LogP contribution in [0.1, 0.15) is 61.0 Å². The predicted molar refractivity (Wildman–Crippen MR) is 168 cm³/mol. The standard InChI is InChI=1S/C33H41FN4O4S/c1-7-10-33(11-12-33)43(41,42)38-18-21(3)30-26(31(39)35-17-27-20(2)13-22(4)36-32(27)40)15-24(16-29(30)38)25-9-8-23(14-28(25)34)19-37(5)6/h7-9,14-16,18,20,22,27H,1,10-13,17,19H2,2-6H3,(H,35,39)(H,36,40). The van der Waals surface area contributed by atoms with E-state index in [1.807, 2.05) is 38.9 Å². The smallest absolute Gasteiger partial charge is 0.252 e. The van der Waals surface area contributed by atoms with Gasteiger partial charge in [-0.2, -0.15) is 0 Å². The monoisotopic (exact) mass is 608 g/mol. The highest BCUT2D eigenvalue weighted by atomic mass is 32.2. The molecule has 1 aromatic heterocycles. The van der Waals surface area contributed by atoms with Crippen molar-refractivity contribution in [3.05, 3.63) is 71.7 Å². The Hall–Kier alpha value is -3.50. The first-order valence-corrected chi connectivity index (χ1v) is 16.3. The number of allylic oxidation sites excluding steroid dienone is 1. The van der Waals surface area contributed by atoms with E-state index in [-0.39, 0.29) is 41.5 Å². The molecule has 2 fully saturated rings. The molecule has 3 atom stereocenters. The molecule has 0 radical (unpaired) electrons. The molecule has 5 rings (SSSR count). The third-order valence-corrected chi connectivity index (χ3v) is 11.4. The minimum atomic E-state index is -3.85. The summed E-state index contributed by atoms with van der Waals surface area (Å²) in [5, 5.41) is 6.37. The number of carbonyl (C=O) groups is 2. The minimum Gasteiger partial charge on any atom is -0.353 e. The molecule has 1 saturated heterocycles. The van der Waals surface area contributed by atoms with Crippen LogP contribution < -0.4 is 10.6 Å². The topological polar surface area (TPSA) is 101 Å². The summed E-state index contributed by atoms with van der Waals surface area (Å²) in [7, 11) is -0.0515. The lowest BCUT2D eigenvalue weighted by atomic mass is 9.84. The summed E-state index contributed by atoms with van der Waals surface area (Å²) < 4.78 is 43.9. The molecule has 230 valence electrons. The summed E-state index contributed by atoms with van der Waals surface area (Å²) >= 11 is 0. The van der Waals surface area contributed by atoms with Crippen molar-refractivity contribution in [3.63, 3.8) is 0 Å². The number of aryl methyl sites for hydroxylation is 1. The van der Waals surface area contributed by atoms with Gasteiger partial charge in [0.15, 0.2) is 0 Å². The van der Waals surface area contributed by atoms with Gasteiger partial charge >= 0.3 is 0 Å². The van der Waals surface area contributed by atoms with Crippen molar-refractivity contribution in [1.82, 2.24) is 19.5 Å². The summed E-state index contributed by atoms with van der Waals surface area (Å²) in [5.41, 5.74) is 2.63. The highest BCUT2D eigenvalue weighted by Crippen LogP contribution is 2.49. The SMILES string of the molecule is C=CCC1(S(=O)(=O)n2cc(C)c3c(C(=O)NCC4C(=O)NC(C)CC4C)cc(-c4ccc(CN(C)C)cc4F)cc32)CC1. The molecule has 10 heteroatoms. The molecule has 2 amide bonds. The molecule has 0 bridgehead atoms. The Balaban J connectivity index is 1.62. The van der Waals surface area contributed by atoms with Crippen LogP contribution in [0.3, 0.4) is 0 Å². The average Bonchev–Trinajstić information content (AvgIpc) is 3.64. The van der Waals surface area contributed by atoms with Crippen LogP contribution in [0.2, 0.25) is 0 Å². The minimum absolute atomic E-state index is 0.0741. The summed E-state index contributed by atoms with van der Waals surface area (Å²) in [4.78, 5) is 28.5. The van der Waals surface area contributed by atoms with Crippen molar-refractivity contribution >= 4 is 32.7 Å². The van der Waals surface area contributed by atoms with E-state index in [0.717, 1.165) is 12.0 Å². The molecule has 1 aliphatic heterocycles. The molecule has 0 spiro atoms. The van der Waals surface area contributed by atoms with E-state index < -0.39 is 26.5 Å². The van der Waals surface area contributed by atoms with Gasteiger partial charge < -0.3 is 15.5 Å². The Labute approximate surface area is 253 Å². The van der Waals surface area contributed by atoms with Gasteiger partial charge in [-0.05, 0) is 94.4 Å². The highest BCUT2D eigenvalue weighted by molar-refractivity contribution is 7.91. The van der Waals surface area contributed by atoms with E-state index in [4.69, 9.17) is 0 Å². The number of amides is 2. The number of rotatable bonds is 10. The van der Waals surface area contributed by atoms with Crippen LogP contribution >= 0.6 is 0 Å². The van der Waals surface area contributed by atoms with E-state index >= 15 is 4.39 Å². The van der Waals surface area contributed by atoms with E-state index in [1.54, 1.807) is 37.4 Å². The van der Waals surface area contributed by atoms with Crippen LogP contribution in [0.15, 0.2) is 49.2 Å². The van der Waals surface area contributed by atoms with Gasteiger partial charge in [-0.25, -0.2) is 16.8 Å². The van der Waals surface area contributed by atoms with Crippen LogP contribution in [0.25, 0.3) is 22.0 Å². The second-order valence-corrected chi connectivity index (χ2v) is 14.9. The Morgan fingerprint density at radius 1 is 1.23 bits per heavy atom. The molecule has 3 aromatic rings. The number of hydrogen-bond donors (Lipinski definition) is 2. The Kier molecular flexibility index (Phi) is 8.30. The lowest BCUT2D eigenvalue weighted by Crippen LogP contribution is -2.50. The van der Waals surface area contributed by atoms with Gasteiger partial charge in [0, 0.05) is 41.8 Å². The number of aromatic nitrogens is 1. The van der Waals surface area contributed by atoms with Gasteiger partial charge in [0.05, 0.1) is 16.2 Å². The highest BCUT2D eigenvalue weighted by Gasteiger charge is 2.54. The molecule has 2 heterocycles. The van der Waals surface area contributed by atoms with Crippen molar-refractivity contribution in [2.75, 3.05) is 20.6 Å². The lowest BCUT2D eigenvalue weighted by molar-refractivity contribution is -0.129. The molecule has 2 aromatic carbocycles. The molecule has 1 aliphatic carbocycles. The molecule has 3 unspecified atom stereocenters. The Morgan fingerprint density at radius 3 is 2.56 bits per heavy atom. The predicted octanol–water partition coefficient (Wildman–Crippen LogP) is 4.99. The zero-order valence-corrected chi connectivity index (χ0v) is 26.4. The number of benzene rings is 2. The van der Waals surface area contributed by atoms with Gasteiger partial charge in [0.25, 0.3) is 5.91 Å². The normalized spacial score (nSPS) is 21.6. The number of nitrogens with one attached hydrogen (secondary N) is 2. The summed E-state index contributed by atoms with van der Waals surface area (Å²) in [6.07, 6.45) is 5.36. The van der Waals surface area contributed by atoms with Crippen molar-refractivity contribution in [3.8, 4) is 11.1 Å². The van der Waals surface area contributed by atoms with E-state index in [9.17, 15) is 18.0 Å². The van der Waals surface area contributed by atoms with Gasteiger partial charge in [0.2, 0.25) is 15.9 Å². The third-order valence-electron chi connectivity index (χ3n) is 8.90. The quantitative estimate of drug-likeness (QED) is 0.316. The maximum atomic E-state index is 15.6. The zero-order chi connectivity index (χ0) is 31.3. The molecule has 1 saturated carbocycles. The van der Waals surface area contributed by atoms with Crippen molar-refractivity contribution in [2.24, 2.45) is 11.8 Å². The largest absolute Gasteiger partial charge is 0.353 e. The van der Waals surface area contributed by atoms with Gasteiger partial charge in [-0.15, -0.1) is 6.58 Å². The van der Waals surface area contributed by atoms with Crippen LogP contribution in [-0.2, 0) is 21.4 Å². The van der Waals surface area contributed by atoms with Crippen molar-refractivity contribution in [1.29, 1.82) is 0 Å². The molecular weight excluding hydrogens is 567 g/mol. The van der Waals surface area contributed by atoms with Crippen LogP contribution in [0.5, 0.6) is 0 Å². The van der Waals surface area contributed by atoms with Crippen LogP contribution in [0.4, 0.5) is 4.39 Å². The average molecular weight is 609 g/mol. The van der Waals surface area contributed by atoms with E-state index in [2.05, 4.69) is 17.2 Å². The molecule has 8 nitrogen and oxygen atoms in total. The summed E-state index contributed by atoms with van der Waals surface area (Å²) in [5.74, 6) is -1.32. The Morgan fingerprint density at radius 2 is 1.95 bits per heavy atom. The second kappa shape index (κ2) is 11.5. The summed E-state index contributed by atoms with van der Waals surface area (Å²) in [6, 6.07) is 8.31. The van der Waals surface area contributed by atoms with Crippen molar-refractivity contribution < 1.29 is 22.4 Å². The van der Waals surface area contributed by atoms with Crippen molar-refractivity contribution in [2.45, 2.75) is 63.8 Å². The van der Waals surface area contributed by atoms with E-state index in [1.165, 1.54) is 10.0 Å².